The summed E-state index contributed by atoms with van der Waals surface area (Å²) in [5.74, 6) is -1.47. The Kier molecular flexibility index (Phi) is 3.09. The first-order valence-corrected chi connectivity index (χ1v) is 8.78. The zero-order chi connectivity index (χ0) is 15.5. The van der Waals surface area contributed by atoms with Crippen molar-refractivity contribution in [3.63, 3.8) is 0 Å². The molecule has 5 nitrogen and oxygen atoms in total. The zero-order valence-electron chi connectivity index (χ0n) is 11.8. The second-order valence-corrected chi connectivity index (χ2v) is 7.84. The van der Waals surface area contributed by atoms with Gasteiger partial charge in [0, 0.05) is 12.6 Å². The molecule has 0 radical (unpaired) electrons. The normalized spacial score (nSPS) is 27.8. The van der Waals surface area contributed by atoms with Crippen molar-refractivity contribution in [3.8, 4) is 5.75 Å². The Morgan fingerprint density at radius 1 is 1.18 bits per heavy atom. The predicted octanol–water partition coefficient (Wildman–Crippen LogP) is 1.89. The SMILES string of the molecule is O=S(=O)(N1CCOc2c(F)ccc(F)c21)N1CC2CCC1C2. The molecule has 2 atom stereocenters. The highest BCUT2D eigenvalue weighted by atomic mass is 32.2. The molecule has 1 aromatic rings. The van der Waals surface area contributed by atoms with E-state index in [2.05, 4.69) is 0 Å². The lowest BCUT2D eigenvalue weighted by atomic mass is 10.1. The monoisotopic (exact) mass is 330 g/mol. The van der Waals surface area contributed by atoms with Crippen LogP contribution in [0.3, 0.4) is 0 Å². The Morgan fingerprint density at radius 2 is 1.95 bits per heavy atom. The minimum atomic E-state index is -3.87. The van der Waals surface area contributed by atoms with Crippen molar-refractivity contribution < 1.29 is 21.9 Å². The summed E-state index contributed by atoms with van der Waals surface area (Å²) in [5.41, 5.74) is -0.311. The van der Waals surface area contributed by atoms with E-state index in [0.717, 1.165) is 35.7 Å². The van der Waals surface area contributed by atoms with Crippen LogP contribution >= 0.6 is 0 Å². The molecule has 2 aliphatic heterocycles. The van der Waals surface area contributed by atoms with Crippen LogP contribution in [0, 0.1) is 17.6 Å². The average Bonchev–Trinajstić information content (AvgIpc) is 3.14. The second-order valence-electron chi connectivity index (χ2n) is 6.04. The molecule has 120 valence electrons. The number of benzene rings is 1. The van der Waals surface area contributed by atoms with Crippen molar-refractivity contribution in [3.05, 3.63) is 23.8 Å². The second kappa shape index (κ2) is 4.79. The van der Waals surface area contributed by atoms with E-state index in [-0.39, 0.29) is 30.6 Å². The van der Waals surface area contributed by atoms with Gasteiger partial charge < -0.3 is 4.74 Å². The Bertz CT molecular complexity index is 725. The van der Waals surface area contributed by atoms with Crippen LogP contribution in [-0.4, -0.2) is 38.5 Å². The molecular weight excluding hydrogens is 314 g/mol. The molecule has 2 bridgehead atoms. The van der Waals surface area contributed by atoms with Crippen LogP contribution in [0.1, 0.15) is 19.3 Å². The summed E-state index contributed by atoms with van der Waals surface area (Å²) >= 11 is 0. The highest BCUT2D eigenvalue weighted by Gasteiger charge is 2.47. The minimum Gasteiger partial charge on any atom is -0.486 e. The molecule has 1 saturated heterocycles. The lowest BCUT2D eigenvalue weighted by molar-refractivity contribution is 0.289. The van der Waals surface area contributed by atoms with Gasteiger partial charge in [0.2, 0.25) is 0 Å². The molecule has 2 unspecified atom stereocenters. The molecule has 2 fully saturated rings. The maximum atomic E-state index is 14.1. The van der Waals surface area contributed by atoms with E-state index in [1.165, 1.54) is 4.31 Å². The molecule has 1 aromatic carbocycles. The Hall–Kier alpha value is -1.41. The Balaban J connectivity index is 1.77. The third kappa shape index (κ3) is 1.93. The lowest BCUT2D eigenvalue weighted by Crippen LogP contribution is -2.50. The van der Waals surface area contributed by atoms with Crippen molar-refractivity contribution in [2.45, 2.75) is 25.3 Å². The Morgan fingerprint density at radius 3 is 2.64 bits per heavy atom. The van der Waals surface area contributed by atoms with Gasteiger partial charge in [-0.2, -0.15) is 12.7 Å². The number of piperidine rings is 1. The first kappa shape index (κ1) is 14.2. The van der Waals surface area contributed by atoms with Gasteiger partial charge in [0.15, 0.2) is 17.4 Å². The molecule has 0 N–H and O–H groups in total. The molecule has 0 aromatic heterocycles. The molecule has 3 aliphatic rings. The van der Waals surface area contributed by atoms with Crippen LogP contribution < -0.4 is 9.04 Å². The molecule has 22 heavy (non-hydrogen) atoms. The maximum Gasteiger partial charge on any atom is 0.304 e. The van der Waals surface area contributed by atoms with E-state index in [1.807, 2.05) is 0 Å². The van der Waals surface area contributed by atoms with E-state index in [0.29, 0.717) is 12.5 Å². The summed E-state index contributed by atoms with van der Waals surface area (Å²) in [6.07, 6.45) is 2.74. The largest absolute Gasteiger partial charge is 0.486 e. The fourth-order valence-electron chi connectivity index (χ4n) is 3.75. The topological polar surface area (TPSA) is 49.9 Å². The maximum absolute atomic E-state index is 14.1. The van der Waals surface area contributed by atoms with Gasteiger partial charge in [-0.1, -0.05) is 0 Å². The molecule has 4 rings (SSSR count). The number of hydrogen-bond donors (Lipinski definition) is 0. The van der Waals surface area contributed by atoms with E-state index in [4.69, 9.17) is 4.74 Å². The fourth-order valence-corrected chi connectivity index (χ4v) is 5.68. The van der Waals surface area contributed by atoms with Crippen molar-refractivity contribution >= 4 is 15.9 Å². The number of anilines is 1. The molecular formula is C14H16F2N2O3S. The van der Waals surface area contributed by atoms with Gasteiger partial charge in [0.25, 0.3) is 0 Å². The highest BCUT2D eigenvalue weighted by Crippen LogP contribution is 2.43. The highest BCUT2D eigenvalue weighted by molar-refractivity contribution is 7.90. The molecule has 8 heteroatoms. The molecule has 1 aliphatic carbocycles. The smallest absolute Gasteiger partial charge is 0.304 e. The van der Waals surface area contributed by atoms with Crippen LogP contribution in [-0.2, 0) is 10.2 Å². The lowest BCUT2D eigenvalue weighted by Gasteiger charge is -2.36. The van der Waals surface area contributed by atoms with Gasteiger partial charge in [-0.3, -0.25) is 0 Å². The number of hydrogen-bond acceptors (Lipinski definition) is 3. The van der Waals surface area contributed by atoms with E-state index in [9.17, 15) is 17.2 Å². The van der Waals surface area contributed by atoms with Crippen LogP contribution in [0.5, 0.6) is 5.75 Å². The van der Waals surface area contributed by atoms with Crippen molar-refractivity contribution in [2.75, 3.05) is 24.0 Å². The molecule has 0 amide bonds. The van der Waals surface area contributed by atoms with Gasteiger partial charge >= 0.3 is 10.2 Å². The summed E-state index contributed by atoms with van der Waals surface area (Å²) in [4.78, 5) is 0. The number of nitrogens with zero attached hydrogens (tertiary/aromatic N) is 2. The third-order valence-electron chi connectivity index (χ3n) is 4.76. The van der Waals surface area contributed by atoms with Gasteiger partial charge in [-0.15, -0.1) is 0 Å². The summed E-state index contributed by atoms with van der Waals surface area (Å²) in [6.45, 7) is 0.467. The van der Waals surface area contributed by atoms with Crippen molar-refractivity contribution in [2.24, 2.45) is 5.92 Å². The van der Waals surface area contributed by atoms with E-state index >= 15 is 0 Å². The fraction of sp³-hybridized carbons (Fsp3) is 0.571. The van der Waals surface area contributed by atoms with E-state index < -0.39 is 21.8 Å². The Labute approximate surface area is 127 Å². The minimum absolute atomic E-state index is 0.00847. The molecule has 0 spiro atoms. The quantitative estimate of drug-likeness (QED) is 0.832. The number of rotatable bonds is 2. The van der Waals surface area contributed by atoms with Gasteiger partial charge in [0.1, 0.15) is 12.3 Å². The average molecular weight is 330 g/mol. The summed E-state index contributed by atoms with van der Waals surface area (Å²) in [5, 5.41) is 0. The third-order valence-corrected chi connectivity index (χ3v) is 6.72. The van der Waals surface area contributed by atoms with E-state index in [1.54, 1.807) is 0 Å². The summed E-state index contributed by atoms with van der Waals surface area (Å²) in [6, 6.07) is 1.86. The summed E-state index contributed by atoms with van der Waals surface area (Å²) in [7, 11) is -3.87. The van der Waals surface area contributed by atoms with Gasteiger partial charge in [-0.05, 0) is 37.3 Å². The van der Waals surface area contributed by atoms with Crippen LogP contribution in [0.2, 0.25) is 0 Å². The van der Waals surface area contributed by atoms with Crippen molar-refractivity contribution in [1.29, 1.82) is 0 Å². The van der Waals surface area contributed by atoms with Crippen LogP contribution in [0.4, 0.5) is 14.5 Å². The van der Waals surface area contributed by atoms with Crippen LogP contribution in [0.15, 0.2) is 12.1 Å². The zero-order valence-corrected chi connectivity index (χ0v) is 12.7. The number of fused-ring (bicyclic) bond motifs is 3. The summed E-state index contributed by atoms with van der Waals surface area (Å²) < 4.78 is 61.3. The number of halogens is 2. The molecule has 1 saturated carbocycles. The number of ether oxygens (including phenoxy) is 1. The first-order chi connectivity index (χ1) is 10.5. The van der Waals surface area contributed by atoms with Gasteiger partial charge in [-0.25, -0.2) is 13.1 Å². The standard InChI is InChI=1S/C14H16F2N2O3S/c15-11-3-4-12(16)14-13(11)17(5-6-21-14)22(19,20)18-8-9-1-2-10(18)7-9/h3-4,9-10H,1-2,5-8H2. The van der Waals surface area contributed by atoms with Gasteiger partial charge in [0.05, 0.1) is 6.54 Å². The molecule has 2 heterocycles. The van der Waals surface area contributed by atoms with Crippen molar-refractivity contribution in [1.82, 2.24) is 4.31 Å². The first-order valence-electron chi connectivity index (χ1n) is 7.39. The van der Waals surface area contributed by atoms with Crippen LogP contribution in [0.25, 0.3) is 0 Å². The predicted molar refractivity (Wildman–Crippen MR) is 76.0 cm³/mol.